The molecule has 2 N–H and O–H groups in total. The van der Waals surface area contributed by atoms with E-state index in [1.807, 2.05) is 13.0 Å². The van der Waals surface area contributed by atoms with Gasteiger partial charge in [0.15, 0.2) is 11.5 Å². The van der Waals surface area contributed by atoms with Gasteiger partial charge in [-0.3, -0.25) is 4.90 Å². The maximum absolute atomic E-state index is 10.5. The van der Waals surface area contributed by atoms with Gasteiger partial charge in [-0.1, -0.05) is 13.0 Å². The van der Waals surface area contributed by atoms with Gasteiger partial charge in [0, 0.05) is 31.0 Å². The molecule has 5 heteroatoms. The fourth-order valence-corrected chi connectivity index (χ4v) is 4.53. The molecule has 1 aromatic carbocycles. The van der Waals surface area contributed by atoms with Crippen molar-refractivity contribution in [1.82, 2.24) is 4.90 Å². The molecule has 1 saturated heterocycles. The number of β-amino-alcohol motifs (C(OH)–C–C–N with tert-alkyl or cyclic N) is 1. The van der Waals surface area contributed by atoms with E-state index in [0.717, 1.165) is 37.4 Å². The molecule has 0 radical (unpaired) electrons. The third-order valence-electron chi connectivity index (χ3n) is 6.36. The van der Waals surface area contributed by atoms with Crippen molar-refractivity contribution in [3.8, 4) is 11.5 Å². The first-order chi connectivity index (χ1) is 12.5. The Morgan fingerprint density at radius 1 is 1.27 bits per heavy atom. The van der Waals surface area contributed by atoms with Crippen LogP contribution in [0.3, 0.4) is 0 Å². The number of nitrogens with zero attached hydrogens (tertiary/aromatic N) is 1. The Labute approximate surface area is 156 Å². The maximum atomic E-state index is 10.5. The van der Waals surface area contributed by atoms with Gasteiger partial charge in [-0.25, -0.2) is 0 Å². The molecule has 1 aliphatic carbocycles. The number of hydrogen-bond acceptors (Lipinski definition) is 5. The Hall–Kier alpha value is -1.30. The van der Waals surface area contributed by atoms with Gasteiger partial charge in [0.25, 0.3) is 0 Å². The smallest absolute Gasteiger partial charge is 0.161 e. The fraction of sp³-hybridized carbons (Fsp3) is 0.714. The van der Waals surface area contributed by atoms with E-state index in [1.54, 1.807) is 7.11 Å². The van der Waals surface area contributed by atoms with Gasteiger partial charge in [-0.2, -0.15) is 0 Å². The number of benzene rings is 1. The number of likely N-dealkylation sites (tertiary alicyclic amines) is 1. The zero-order chi connectivity index (χ0) is 18.7. The lowest BCUT2D eigenvalue weighted by molar-refractivity contribution is 0.0468. The average molecular weight is 363 g/mol. The SMILES string of the molecule is COc1ccc([C@@H]2CN(CCO)C[C@@]2(C)[C@@H](C)O)cc1OC1CCCC1. The Bertz CT molecular complexity index is 600. The molecular formula is C21H33NO4. The van der Waals surface area contributed by atoms with Crippen molar-refractivity contribution in [2.24, 2.45) is 5.41 Å². The van der Waals surface area contributed by atoms with Gasteiger partial charge in [-0.15, -0.1) is 0 Å². The molecule has 3 atom stereocenters. The molecule has 2 fully saturated rings. The van der Waals surface area contributed by atoms with E-state index in [0.29, 0.717) is 6.54 Å². The minimum atomic E-state index is -0.433. The first-order valence-corrected chi connectivity index (χ1v) is 9.84. The molecule has 1 heterocycles. The number of rotatable bonds is 7. The third-order valence-corrected chi connectivity index (χ3v) is 6.36. The molecule has 1 aliphatic heterocycles. The molecule has 26 heavy (non-hydrogen) atoms. The highest BCUT2D eigenvalue weighted by molar-refractivity contribution is 5.45. The van der Waals surface area contributed by atoms with E-state index in [1.165, 1.54) is 18.4 Å². The lowest BCUT2D eigenvalue weighted by Gasteiger charge is -2.34. The van der Waals surface area contributed by atoms with Crippen molar-refractivity contribution in [1.29, 1.82) is 0 Å². The highest BCUT2D eigenvalue weighted by Crippen LogP contribution is 2.47. The third kappa shape index (κ3) is 3.85. The monoisotopic (exact) mass is 363 g/mol. The van der Waals surface area contributed by atoms with Gasteiger partial charge in [-0.05, 0) is 50.3 Å². The molecular weight excluding hydrogens is 330 g/mol. The lowest BCUT2D eigenvalue weighted by atomic mass is 9.72. The molecule has 2 aliphatic rings. The minimum absolute atomic E-state index is 0.140. The molecule has 146 valence electrons. The normalized spacial score (nSPS) is 28.4. The van der Waals surface area contributed by atoms with Crippen LogP contribution in [0.2, 0.25) is 0 Å². The summed E-state index contributed by atoms with van der Waals surface area (Å²) in [6, 6.07) is 6.18. The van der Waals surface area contributed by atoms with E-state index in [2.05, 4.69) is 24.0 Å². The Balaban J connectivity index is 1.88. The molecule has 0 amide bonds. The van der Waals surface area contributed by atoms with Crippen LogP contribution in [0.1, 0.15) is 51.0 Å². The van der Waals surface area contributed by atoms with Crippen LogP contribution in [0.25, 0.3) is 0 Å². The number of aliphatic hydroxyl groups excluding tert-OH is 2. The van der Waals surface area contributed by atoms with E-state index in [9.17, 15) is 10.2 Å². The topological polar surface area (TPSA) is 62.2 Å². The summed E-state index contributed by atoms with van der Waals surface area (Å²) in [5.74, 6) is 1.76. The van der Waals surface area contributed by atoms with Crippen LogP contribution in [-0.2, 0) is 0 Å². The van der Waals surface area contributed by atoms with Crippen molar-refractivity contribution < 1.29 is 19.7 Å². The van der Waals surface area contributed by atoms with E-state index < -0.39 is 6.10 Å². The van der Waals surface area contributed by atoms with Crippen LogP contribution in [0, 0.1) is 5.41 Å². The summed E-state index contributed by atoms with van der Waals surface area (Å²) in [6.45, 7) is 6.40. The average Bonchev–Trinajstić information content (AvgIpc) is 3.23. The van der Waals surface area contributed by atoms with Crippen LogP contribution in [0.15, 0.2) is 18.2 Å². The second kappa shape index (κ2) is 8.15. The molecule has 1 saturated carbocycles. The van der Waals surface area contributed by atoms with Crippen molar-refractivity contribution in [3.05, 3.63) is 23.8 Å². The van der Waals surface area contributed by atoms with Crippen molar-refractivity contribution in [2.45, 2.75) is 57.7 Å². The predicted molar refractivity (Wildman–Crippen MR) is 102 cm³/mol. The van der Waals surface area contributed by atoms with Crippen molar-refractivity contribution in [2.75, 3.05) is 33.4 Å². The molecule has 3 rings (SSSR count). The molecule has 0 spiro atoms. The zero-order valence-corrected chi connectivity index (χ0v) is 16.3. The Morgan fingerprint density at radius 2 is 2.00 bits per heavy atom. The zero-order valence-electron chi connectivity index (χ0n) is 16.3. The Morgan fingerprint density at radius 3 is 2.62 bits per heavy atom. The van der Waals surface area contributed by atoms with Gasteiger partial charge in [0.1, 0.15) is 0 Å². The van der Waals surface area contributed by atoms with E-state index in [4.69, 9.17) is 9.47 Å². The largest absolute Gasteiger partial charge is 0.493 e. The molecule has 5 nitrogen and oxygen atoms in total. The second-order valence-electron chi connectivity index (χ2n) is 8.13. The lowest BCUT2D eigenvalue weighted by Crippen LogP contribution is -2.37. The summed E-state index contributed by atoms with van der Waals surface area (Å²) in [6.07, 6.45) is 4.50. The number of hydrogen-bond donors (Lipinski definition) is 2. The summed E-state index contributed by atoms with van der Waals surface area (Å²) in [5.41, 5.74) is 0.914. The molecule has 0 bridgehead atoms. The minimum Gasteiger partial charge on any atom is -0.493 e. The number of ether oxygens (including phenoxy) is 2. The van der Waals surface area contributed by atoms with Crippen LogP contribution in [0.5, 0.6) is 11.5 Å². The van der Waals surface area contributed by atoms with Crippen molar-refractivity contribution >= 4 is 0 Å². The van der Waals surface area contributed by atoms with Gasteiger partial charge in [0.05, 0.1) is 25.9 Å². The number of aliphatic hydroxyl groups is 2. The summed E-state index contributed by atoms with van der Waals surface area (Å²) in [7, 11) is 1.68. The van der Waals surface area contributed by atoms with Gasteiger partial charge < -0.3 is 19.7 Å². The van der Waals surface area contributed by atoms with Crippen LogP contribution in [0.4, 0.5) is 0 Å². The Kier molecular flexibility index (Phi) is 6.10. The van der Waals surface area contributed by atoms with E-state index >= 15 is 0 Å². The standard InChI is InChI=1S/C21H33NO4/c1-15(24)21(2)14-22(10-11-23)13-18(21)16-8-9-19(25-3)20(12-16)26-17-6-4-5-7-17/h8-9,12,15,17-18,23-24H,4-7,10-11,13-14H2,1-3H3/t15-,18+,21+/m1/s1. The molecule has 0 aromatic heterocycles. The first kappa shape index (κ1) is 19.5. The summed E-state index contributed by atoms with van der Waals surface area (Å²) in [4.78, 5) is 2.24. The fourth-order valence-electron chi connectivity index (χ4n) is 4.53. The van der Waals surface area contributed by atoms with Gasteiger partial charge in [0.2, 0.25) is 0 Å². The van der Waals surface area contributed by atoms with Crippen LogP contribution < -0.4 is 9.47 Å². The van der Waals surface area contributed by atoms with Crippen LogP contribution in [-0.4, -0.2) is 60.7 Å². The van der Waals surface area contributed by atoms with Crippen molar-refractivity contribution in [3.63, 3.8) is 0 Å². The summed E-state index contributed by atoms with van der Waals surface area (Å²) < 4.78 is 11.8. The summed E-state index contributed by atoms with van der Waals surface area (Å²) >= 11 is 0. The number of methoxy groups -OCH3 is 1. The van der Waals surface area contributed by atoms with Crippen LogP contribution >= 0.6 is 0 Å². The highest BCUT2D eigenvalue weighted by Gasteiger charge is 2.46. The maximum Gasteiger partial charge on any atom is 0.161 e. The van der Waals surface area contributed by atoms with Gasteiger partial charge >= 0.3 is 0 Å². The first-order valence-electron chi connectivity index (χ1n) is 9.84. The predicted octanol–water partition coefficient (Wildman–Crippen LogP) is 2.80. The second-order valence-corrected chi connectivity index (χ2v) is 8.13. The highest BCUT2D eigenvalue weighted by atomic mass is 16.5. The summed E-state index contributed by atoms with van der Waals surface area (Å²) in [5, 5.41) is 19.8. The molecule has 1 aromatic rings. The van der Waals surface area contributed by atoms with E-state index in [-0.39, 0.29) is 24.0 Å². The molecule has 0 unspecified atom stereocenters. The quantitative estimate of drug-likeness (QED) is 0.780.